The summed E-state index contributed by atoms with van der Waals surface area (Å²) < 4.78 is 0. The molecule has 98 valence electrons. The summed E-state index contributed by atoms with van der Waals surface area (Å²) in [6.45, 7) is 6.48. The summed E-state index contributed by atoms with van der Waals surface area (Å²) in [4.78, 5) is 22.0. The predicted molar refractivity (Wildman–Crippen MR) is 61.6 cm³/mol. The van der Waals surface area contributed by atoms with Crippen molar-refractivity contribution in [2.45, 2.75) is 26.0 Å². The molecule has 0 aromatic carbocycles. The Morgan fingerprint density at radius 2 is 1.82 bits per heavy atom. The van der Waals surface area contributed by atoms with Gasteiger partial charge in [0.2, 0.25) is 0 Å². The maximum atomic E-state index is 11.1. The SMILES string of the molecule is C=CCNC(C(C)C(=O)O)C(C(=O)O)C(C)O. The first-order valence-electron chi connectivity index (χ1n) is 5.30. The second kappa shape index (κ2) is 7.03. The van der Waals surface area contributed by atoms with Crippen LogP contribution < -0.4 is 5.32 Å². The molecule has 0 bridgehead atoms. The number of aliphatic hydroxyl groups excluding tert-OH is 1. The van der Waals surface area contributed by atoms with E-state index < -0.39 is 35.9 Å². The summed E-state index contributed by atoms with van der Waals surface area (Å²) in [7, 11) is 0. The number of carboxylic acids is 2. The lowest BCUT2D eigenvalue weighted by Crippen LogP contribution is -2.50. The van der Waals surface area contributed by atoms with Crippen molar-refractivity contribution in [2.75, 3.05) is 6.54 Å². The molecule has 0 rings (SSSR count). The highest BCUT2D eigenvalue weighted by Crippen LogP contribution is 2.18. The number of hydrogen-bond acceptors (Lipinski definition) is 4. The first-order chi connectivity index (χ1) is 7.82. The summed E-state index contributed by atoms with van der Waals surface area (Å²) in [6, 6.07) is -0.858. The van der Waals surface area contributed by atoms with E-state index in [1.165, 1.54) is 19.9 Å². The average molecular weight is 245 g/mol. The van der Waals surface area contributed by atoms with E-state index in [4.69, 9.17) is 10.2 Å². The fraction of sp³-hybridized carbons (Fsp3) is 0.636. The Kier molecular flexibility index (Phi) is 6.45. The van der Waals surface area contributed by atoms with Crippen LogP contribution in [0.3, 0.4) is 0 Å². The minimum Gasteiger partial charge on any atom is -0.481 e. The molecule has 0 aliphatic heterocycles. The van der Waals surface area contributed by atoms with Gasteiger partial charge in [0.25, 0.3) is 0 Å². The molecule has 0 saturated carbocycles. The van der Waals surface area contributed by atoms with E-state index in [0.29, 0.717) is 0 Å². The van der Waals surface area contributed by atoms with Crippen molar-refractivity contribution < 1.29 is 24.9 Å². The van der Waals surface area contributed by atoms with Gasteiger partial charge in [-0.15, -0.1) is 6.58 Å². The summed E-state index contributed by atoms with van der Waals surface area (Å²) in [5, 5.41) is 30.2. The van der Waals surface area contributed by atoms with Crippen molar-refractivity contribution in [3.63, 3.8) is 0 Å². The van der Waals surface area contributed by atoms with Gasteiger partial charge in [0, 0.05) is 12.6 Å². The van der Waals surface area contributed by atoms with Gasteiger partial charge in [0.05, 0.1) is 17.9 Å². The Balaban J connectivity index is 5.03. The topological polar surface area (TPSA) is 107 Å². The summed E-state index contributed by atoms with van der Waals surface area (Å²) >= 11 is 0. The standard InChI is InChI=1S/C11H19NO5/c1-4-5-12-9(6(2)10(14)15)8(7(3)13)11(16)17/h4,6-9,12-13H,1,5H2,2-3H3,(H,14,15)(H,16,17). The Morgan fingerprint density at radius 1 is 1.29 bits per heavy atom. The zero-order chi connectivity index (χ0) is 13.6. The van der Waals surface area contributed by atoms with Gasteiger partial charge in [-0.3, -0.25) is 9.59 Å². The molecule has 4 N–H and O–H groups in total. The third-order valence-electron chi connectivity index (χ3n) is 2.62. The van der Waals surface area contributed by atoms with E-state index in [1.807, 2.05) is 0 Å². The number of aliphatic hydroxyl groups is 1. The lowest BCUT2D eigenvalue weighted by atomic mass is 9.86. The quantitative estimate of drug-likeness (QED) is 0.446. The van der Waals surface area contributed by atoms with Gasteiger partial charge in [0.1, 0.15) is 0 Å². The smallest absolute Gasteiger partial charge is 0.310 e. The second-order valence-corrected chi connectivity index (χ2v) is 3.95. The molecule has 6 heteroatoms. The fourth-order valence-electron chi connectivity index (χ4n) is 1.65. The molecule has 6 nitrogen and oxygen atoms in total. The second-order valence-electron chi connectivity index (χ2n) is 3.95. The molecule has 0 aromatic rings. The van der Waals surface area contributed by atoms with Crippen molar-refractivity contribution in [3.8, 4) is 0 Å². The fourth-order valence-corrected chi connectivity index (χ4v) is 1.65. The summed E-state index contributed by atoms with van der Waals surface area (Å²) in [5.74, 6) is -4.44. The van der Waals surface area contributed by atoms with Crippen molar-refractivity contribution in [2.24, 2.45) is 11.8 Å². The van der Waals surface area contributed by atoms with Gasteiger partial charge >= 0.3 is 11.9 Å². The van der Waals surface area contributed by atoms with E-state index in [0.717, 1.165) is 0 Å². The van der Waals surface area contributed by atoms with Gasteiger partial charge in [-0.2, -0.15) is 0 Å². The molecule has 0 aliphatic carbocycles. The minimum absolute atomic E-state index is 0.277. The molecule has 0 aliphatic rings. The molecule has 0 radical (unpaired) electrons. The molecule has 0 saturated heterocycles. The van der Waals surface area contributed by atoms with Crippen LogP contribution in [0, 0.1) is 11.8 Å². The molecule has 0 heterocycles. The molecule has 0 aromatic heterocycles. The highest BCUT2D eigenvalue weighted by Gasteiger charge is 2.38. The number of rotatable bonds is 8. The lowest BCUT2D eigenvalue weighted by molar-refractivity contribution is -0.150. The minimum atomic E-state index is -1.23. The highest BCUT2D eigenvalue weighted by molar-refractivity contribution is 5.75. The zero-order valence-electron chi connectivity index (χ0n) is 9.96. The maximum Gasteiger partial charge on any atom is 0.310 e. The molecular formula is C11H19NO5. The average Bonchev–Trinajstić information content (AvgIpc) is 2.21. The summed E-state index contributed by atoms with van der Waals surface area (Å²) in [5.41, 5.74) is 0. The number of nitrogens with one attached hydrogen (secondary N) is 1. The third-order valence-corrected chi connectivity index (χ3v) is 2.62. The molecule has 4 atom stereocenters. The van der Waals surface area contributed by atoms with Gasteiger partial charge in [-0.05, 0) is 6.92 Å². The molecule has 0 spiro atoms. The normalized spacial score (nSPS) is 17.8. The predicted octanol–water partition coefficient (Wildman–Crippen LogP) is -0.0671. The van der Waals surface area contributed by atoms with E-state index in [2.05, 4.69) is 11.9 Å². The van der Waals surface area contributed by atoms with Crippen LogP contribution in [-0.2, 0) is 9.59 Å². The Bertz CT molecular complexity index is 290. The monoisotopic (exact) mass is 245 g/mol. The number of aliphatic carboxylic acids is 2. The van der Waals surface area contributed by atoms with E-state index >= 15 is 0 Å². The first-order valence-corrected chi connectivity index (χ1v) is 5.30. The molecule has 0 amide bonds. The largest absolute Gasteiger partial charge is 0.481 e. The van der Waals surface area contributed by atoms with Crippen LogP contribution in [0.4, 0.5) is 0 Å². The number of carbonyl (C=O) groups is 2. The van der Waals surface area contributed by atoms with Crippen LogP contribution >= 0.6 is 0 Å². The Labute approximate surface area is 100.0 Å². The molecule has 17 heavy (non-hydrogen) atoms. The van der Waals surface area contributed by atoms with Crippen LogP contribution in [-0.4, -0.2) is 45.9 Å². The van der Waals surface area contributed by atoms with E-state index in [-0.39, 0.29) is 6.54 Å². The van der Waals surface area contributed by atoms with Crippen LogP contribution in [0.1, 0.15) is 13.8 Å². The van der Waals surface area contributed by atoms with Crippen molar-refractivity contribution in [1.82, 2.24) is 5.32 Å². The first kappa shape index (κ1) is 15.6. The Hall–Kier alpha value is -1.40. The maximum absolute atomic E-state index is 11.1. The number of carboxylic acid groups (broad SMARTS) is 2. The van der Waals surface area contributed by atoms with Gasteiger partial charge in [-0.25, -0.2) is 0 Å². The number of hydrogen-bond donors (Lipinski definition) is 4. The van der Waals surface area contributed by atoms with Gasteiger partial charge < -0.3 is 20.6 Å². The third kappa shape index (κ3) is 4.54. The lowest BCUT2D eigenvalue weighted by Gasteiger charge is -2.29. The highest BCUT2D eigenvalue weighted by atomic mass is 16.4. The van der Waals surface area contributed by atoms with E-state index in [9.17, 15) is 14.7 Å². The van der Waals surface area contributed by atoms with E-state index in [1.54, 1.807) is 0 Å². The van der Waals surface area contributed by atoms with Crippen LogP contribution in [0.15, 0.2) is 12.7 Å². The van der Waals surface area contributed by atoms with Gasteiger partial charge in [0.15, 0.2) is 0 Å². The molecule has 4 unspecified atom stereocenters. The van der Waals surface area contributed by atoms with Gasteiger partial charge in [-0.1, -0.05) is 13.0 Å². The van der Waals surface area contributed by atoms with Crippen molar-refractivity contribution in [1.29, 1.82) is 0 Å². The van der Waals surface area contributed by atoms with Crippen LogP contribution in [0.5, 0.6) is 0 Å². The van der Waals surface area contributed by atoms with Crippen molar-refractivity contribution >= 4 is 11.9 Å². The Morgan fingerprint density at radius 3 is 2.12 bits per heavy atom. The summed E-state index contributed by atoms with van der Waals surface area (Å²) in [6.07, 6.45) is 0.360. The molecular weight excluding hydrogens is 226 g/mol. The van der Waals surface area contributed by atoms with Crippen molar-refractivity contribution in [3.05, 3.63) is 12.7 Å². The van der Waals surface area contributed by atoms with Crippen LogP contribution in [0.25, 0.3) is 0 Å². The molecule has 0 fully saturated rings. The zero-order valence-corrected chi connectivity index (χ0v) is 9.96. The van der Waals surface area contributed by atoms with Crippen LogP contribution in [0.2, 0.25) is 0 Å².